The van der Waals surface area contributed by atoms with Crippen LogP contribution in [0.15, 0.2) is 35.1 Å². The van der Waals surface area contributed by atoms with Crippen LogP contribution in [0.1, 0.15) is 60.7 Å². The van der Waals surface area contributed by atoms with Crippen LogP contribution in [0.2, 0.25) is 0 Å². The predicted octanol–water partition coefficient (Wildman–Crippen LogP) is 3.34. The Morgan fingerprint density at radius 3 is 2.68 bits per heavy atom. The number of aliphatic hydroxyl groups excluding tert-OH is 1. The van der Waals surface area contributed by atoms with Crippen molar-refractivity contribution in [2.45, 2.75) is 44.4 Å². The van der Waals surface area contributed by atoms with Crippen LogP contribution in [0.4, 0.5) is 10.3 Å². The van der Waals surface area contributed by atoms with Gasteiger partial charge in [0.05, 0.1) is 24.3 Å². The molecule has 0 unspecified atom stereocenters. The van der Waals surface area contributed by atoms with E-state index in [1.807, 2.05) is 0 Å². The predicted molar refractivity (Wildman–Crippen MR) is 133 cm³/mol. The van der Waals surface area contributed by atoms with Crippen molar-refractivity contribution >= 4 is 11.9 Å². The van der Waals surface area contributed by atoms with Crippen molar-refractivity contribution in [3.63, 3.8) is 0 Å². The Morgan fingerprint density at radius 2 is 1.97 bits per heavy atom. The van der Waals surface area contributed by atoms with E-state index in [0.29, 0.717) is 41.9 Å². The molecule has 0 radical (unpaired) electrons. The van der Waals surface area contributed by atoms with Crippen molar-refractivity contribution in [1.82, 2.24) is 25.4 Å². The fraction of sp³-hybridized carbons (Fsp3) is 0.500. The van der Waals surface area contributed by atoms with Crippen molar-refractivity contribution in [1.29, 1.82) is 0 Å². The summed E-state index contributed by atoms with van der Waals surface area (Å²) in [5.41, 5.74) is 0.692. The SMILES string of the molecule is O=C(NCCO)c1ccc(OCCCC2CCN(c3ncc(-c4noc(C5CC5)n4)cn3)CC2)cc1F. The van der Waals surface area contributed by atoms with Gasteiger partial charge in [0.2, 0.25) is 17.7 Å². The molecule has 1 aliphatic heterocycles. The number of rotatable bonds is 11. The van der Waals surface area contributed by atoms with Gasteiger partial charge < -0.3 is 24.6 Å². The van der Waals surface area contributed by atoms with Crippen LogP contribution in [-0.2, 0) is 0 Å². The van der Waals surface area contributed by atoms with Gasteiger partial charge in [0.15, 0.2) is 0 Å². The summed E-state index contributed by atoms with van der Waals surface area (Å²) < 4.78 is 25.2. The van der Waals surface area contributed by atoms with Crippen molar-refractivity contribution in [3.8, 4) is 17.1 Å². The molecule has 5 rings (SSSR count). The van der Waals surface area contributed by atoms with Crippen molar-refractivity contribution in [3.05, 3.63) is 47.9 Å². The number of carbonyl (C=O) groups excluding carboxylic acids is 1. The fourth-order valence-corrected chi connectivity index (χ4v) is 4.47. The Labute approximate surface area is 214 Å². The molecular formula is C26H31FN6O4. The highest BCUT2D eigenvalue weighted by molar-refractivity contribution is 5.94. The first kappa shape index (κ1) is 25.1. The zero-order chi connectivity index (χ0) is 25.6. The molecule has 1 saturated carbocycles. The molecule has 2 aliphatic rings. The van der Waals surface area contributed by atoms with Gasteiger partial charge >= 0.3 is 0 Å². The maximum Gasteiger partial charge on any atom is 0.254 e. The Bertz CT molecular complexity index is 1190. The number of hydrogen-bond acceptors (Lipinski definition) is 9. The molecule has 1 aliphatic carbocycles. The molecule has 1 aromatic carbocycles. The Hall–Kier alpha value is -3.60. The summed E-state index contributed by atoms with van der Waals surface area (Å²) in [5.74, 6) is 2.17. The monoisotopic (exact) mass is 510 g/mol. The average Bonchev–Trinajstić information content (AvgIpc) is 3.66. The fourth-order valence-electron chi connectivity index (χ4n) is 4.47. The normalized spacial score (nSPS) is 16.1. The summed E-state index contributed by atoms with van der Waals surface area (Å²) >= 11 is 0. The summed E-state index contributed by atoms with van der Waals surface area (Å²) in [6.07, 6.45) is 9.72. The molecule has 0 spiro atoms. The molecule has 2 aromatic heterocycles. The van der Waals surface area contributed by atoms with E-state index in [-0.39, 0.29) is 18.7 Å². The molecule has 0 atom stereocenters. The van der Waals surface area contributed by atoms with E-state index in [4.69, 9.17) is 14.4 Å². The lowest BCUT2D eigenvalue weighted by Crippen LogP contribution is -2.34. The second kappa shape index (κ2) is 11.6. The molecule has 2 N–H and O–H groups in total. The number of aromatic nitrogens is 4. The van der Waals surface area contributed by atoms with E-state index in [0.717, 1.165) is 57.2 Å². The zero-order valence-electron chi connectivity index (χ0n) is 20.6. The Morgan fingerprint density at radius 1 is 1.19 bits per heavy atom. The maximum absolute atomic E-state index is 14.2. The van der Waals surface area contributed by atoms with E-state index in [1.54, 1.807) is 18.5 Å². The zero-order valence-corrected chi connectivity index (χ0v) is 20.6. The number of nitrogens with one attached hydrogen (secondary N) is 1. The number of benzene rings is 1. The van der Waals surface area contributed by atoms with Gasteiger partial charge in [-0.05, 0) is 56.6 Å². The van der Waals surface area contributed by atoms with Gasteiger partial charge in [-0.2, -0.15) is 4.98 Å². The molecule has 37 heavy (non-hydrogen) atoms. The Kier molecular flexibility index (Phi) is 7.88. The van der Waals surface area contributed by atoms with Crippen LogP contribution in [0.5, 0.6) is 5.75 Å². The minimum absolute atomic E-state index is 0.0660. The first-order valence-corrected chi connectivity index (χ1v) is 12.8. The molecular weight excluding hydrogens is 479 g/mol. The molecule has 3 heterocycles. The third kappa shape index (κ3) is 6.40. The largest absolute Gasteiger partial charge is 0.493 e. The van der Waals surface area contributed by atoms with Gasteiger partial charge in [-0.3, -0.25) is 4.79 Å². The summed E-state index contributed by atoms with van der Waals surface area (Å²) in [6, 6.07) is 4.21. The number of carbonyl (C=O) groups is 1. The van der Waals surface area contributed by atoms with Gasteiger partial charge in [0.1, 0.15) is 11.6 Å². The second-order valence-electron chi connectivity index (χ2n) is 9.54. The van der Waals surface area contributed by atoms with Crippen LogP contribution in [0.3, 0.4) is 0 Å². The third-order valence-corrected chi connectivity index (χ3v) is 6.77. The number of nitrogens with zero attached hydrogens (tertiary/aromatic N) is 5. The van der Waals surface area contributed by atoms with Crippen LogP contribution < -0.4 is 15.0 Å². The molecule has 2 fully saturated rings. The van der Waals surface area contributed by atoms with Gasteiger partial charge in [0, 0.05) is 44.0 Å². The minimum Gasteiger partial charge on any atom is -0.493 e. The summed E-state index contributed by atoms with van der Waals surface area (Å²) in [6.45, 7) is 2.15. The van der Waals surface area contributed by atoms with E-state index in [9.17, 15) is 9.18 Å². The van der Waals surface area contributed by atoms with E-state index in [2.05, 4.69) is 30.3 Å². The van der Waals surface area contributed by atoms with Gasteiger partial charge in [0.25, 0.3) is 5.91 Å². The van der Waals surface area contributed by atoms with Crippen molar-refractivity contribution in [2.75, 3.05) is 37.7 Å². The number of amides is 1. The number of anilines is 1. The minimum atomic E-state index is -0.643. The molecule has 0 bridgehead atoms. The summed E-state index contributed by atoms with van der Waals surface area (Å²) in [4.78, 5) is 27.6. The Balaban J connectivity index is 1.02. The lowest BCUT2D eigenvalue weighted by molar-refractivity contribution is 0.0940. The highest BCUT2D eigenvalue weighted by Crippen LogP contribution is 2.39. The highest BCUT2D eigenvalue weighted by atomic mass is 19.1. The third-order valence-electron chi connectivity index (χ3n) is 6.77. The molecule has 11 heteroatoms. The van der Waals surface area contributed by atoms with Crippen molar-refractivity contribution in [2.24, 2.45) is 5.92 Å². The summed E-state index contributed by atoms with van der Waals surface area (Å²) in [5, 5.41) is 15.3. The lowest BCUT2D eigenvalue weighted by atomic mass is 9.92. The average molecular weight is 511 g/mol. The van der Waals surface area contributed by atoms with E-state index >= 15 is 0 Å². The molecule has 1 saturated heterocycles. The number of piperidine rings is 1. The first-order chi connectivity index (χ1) is 18.1. The molecule has 3 aromatic rings. The lowest BCUT2D eigenvalue weighted by Gasteiger charge is -2.32. The van der Waals surface area contributed by atoms with Crippen LogP contribution >= 0.6 is 0 Å². The topological polar surface area (TPSA) is 126 Å². The summed E-state index contributed by atoms with van der Waals surface area (Å²) in [7, 11) is 0. The maximum atomic E-state index is 14.2. The quantitative estimate of drug-likeness (QED) is 0.373. The first-order valence-electron chi connectivity index (χ1n) is 12.8. The molecule has 10 nitrogen and oxygen atoms in total. The second-order valence-corrected chi connectivity index (χ2v) is 9.54. The molecule has 196 valence electrons. The number of aliphatic hydroxyl groups is 1. The van der Waals surface area contributed by atoms with E-state index in [1.165, 1.54) is 12.1 Å². The number of halogens is 1. The van der Waals surface area contributed by atoms with Gasteiger partial charge in [-0.25, -0.2) is 14.4 Å². The molecule has 1 amide bonds. The van der Waals surface area contributed by atoms with E-state index < -0.39 is 11.7 Å². The highest BCUT2D eigenvalue weighted by Gasteiger charge is 2.30. The standard InChI is InChI=1S/C26H31FN6O4/c27-22-14-20(5-6-21(22)24(35)28-9-12-34)36-13-1-2-17-7-10-33(11-8-17)26-29-15-19(16-30-26)23-31-25(37-32-23)18-3-4-18/h5-6,14-18,34H,1-4,7-13H2,(H,28,35). The van der Waals surface area contributed by atoms with Gasteiger partial charge in [-0.1, -0.05) is 5.16 Å². The number of ether oxygens (including phenoxy) is 1. The van der Waals surface area contributed by atoms with Crippen molar-refractivity contribution < 1.29 is 23.6 Å². The van der Waals surface area contributed by atoms with Crippen LogP contribution in [0.25, 0.3) is 11.4 Å². The number of hydrogen-bond donors (Lipinski definition) is 2. The van der Waals surface area contributed by atoms with Crippen LogP contribution in [0, 0.1) is 11.7 Å². The van der Waals surface area contributed by atoms with Gasteiger partial charge in [-0.15, -0.1) is 0 Å². The van der Waals surface area contributed by atoms with Crippen LogP contribution in [-0.4, -0.2) is 64.0 Å². The smallest absolute Gasteiger partial charge is 0.254 e.